The Labute approximate surface area is 100 Å². The van der Waals surface area contributed by atoms with Crippen molar-refractivity contribution in [3.63, 3.8) is 0 Å². The monoisotopic (exact) mass is 236 g/mol. The van der Waals surface area contributed by atoms with Crippen molar-refractivity contribution in [1.82, 2.24) is 4.90 Å². The summed E-state index contributed by atoms with van der Waals surface area (Å²) in [6, 6.07) is 4.49. The largest absolute Gasteiger partial charge is 0.338 e. The number of benzene rings is 1. The van der Waals surface area contributed by atoms with Crippen molar-refractivity contribution in [2.24, 2.45) is 11.7 Å². The number of aryl methyl sites for hydroxylation is 1. The maximum Gasteiger partial charge on any atom is 0.253 e. The molecule has 92 valence electrons. The lowest BCUT2D eigenvalue weighted by Crippen LogP contribution is -2.29. The number of carbonyl (C=O) groups is 1. The molecule has 0 radical (unpaired) electrons. The highest BCUT2D eigenvalue weighted by Gasteiger charge is 2.26. The zero-order valence-corrected chi connectivity index (χ0v) is 9.95. The summed E-state index contributed by atoms with van der Waals surface area (Å²) in [5, 5.41) is 0. The second-order valence-electron chi connectivity index (χ2n) is 4.61. The summed E-state index contributed by atoms with van der Waals surface area (Å²) in [5.74, 6) is 0.104. The van der Waals surface area contributed by atoms with Gasteiger partial charge in [0, 0.05) is 18.7 Å². The normalized spacial score (nSPS) is 19.7. The van der Waals surface area contributed by atoms with Crippen LogP contribution >= 0.6 is 0 Å². The van der Waals surface area contributed by atoms with Crippen molar-refractivity contribution in [1.29, 1.82) is 0 Å². The van der Waals surface area contributed by atoms with Gasteiger partial charge >= 0.3 is 0 Å². The molecule has 0 aromatic heterocycles. The van der Waals surface area contributed by atoms with Gasteiger partial charge in [-0.1, -0.05) is 0 Å². The van der Waals surface area contributed by atoms with Gasteiger partial charge in [0.15, 0.2) is 0 Å². The molecular formula is C13H17FN2O. The zero-order valence-electron chi connectivity index (χ0n) is 9.95. The van der Waals surface area contributed by atoms with Gasteiger partial charge in [-0.25, -0.2) is 4.39 Å². The van der Waals surface area contributed by atoms with Gasteiger partial charge in [0.05, 0.1) is 0 Å². The molecule has 4 heteroatoms. The van der Waals surface area contributed by atoms with E-state index in [0.717, 1.165) is 13.0 Å². The highest BCUT2D eigenvalue weighted by molar-refractivity contribution is 5.94. The molecule has 0 aliphatic carbocycles. The molecule has 1 heterocycles. The summed E-state index contributed by atoms with van der Waals surface area (Å²) < 4.78 is 13.1. The first-order chi connectivity index (χ1) is 8.11. The highest BCUT2D eigenvalue weighted by Crippen LogP contribution is 2.18. The van der Waals surface area contributed by atoms with Crippen LogP contribution in [0.1, 0.15) is 22.3 Å². The van der Waals surface area contributed by atoms with E-state index in [2.05, 4.69) is 0 Å². The summed E-state index contributed by atoms with van der Waals surface area (Å²) in [5.41, 5.74) is 6.65. The molecular weight excluding hydrogens is 219 g/mol. The average Bonchev–Trinajstić information content (AvgIpc) is 2.80. The lowest BCUT2D eigenvalue weighted by molar-refractivity contribution is 0.0787. The van der Waals surface area contributed by atoms with Crippen molar-refractivity contribution < 1.29 is 9.18 Å². The highest BCUT2D eigenvalue weighted by atomic mass is 19.1. The van der Waals surface area contributed by atoms with Gasteiger partial charge in [0.25, 0.3) is 5.91 Å². The molecule has 1 aromatic carbocycles. The number of nitrogens with zero attached hydrogens (tertiary/aromatic N) is 1. The van der Waals surface area contributed by atoms with Gasteiger partial charge < -0.3 is 10.6 Å². The molecule has 0 spiro atoms. The van der Waals surface area contributed by atoms with Crippen molar-refractivity contribution in [2.75, 3.05) is 19.6 Å². The molecule has 3 nitrogen and oxygen atoms in total. The molecule has 1 aromatic rings. The molecule has 0 unspecified atom stereocenters. The minimum absolute atomic E-state index is 0.0240. The lowest BCUT2D eigenvalue weighted by Gasteiger charge is -2.16. The van der Waals surface area contributed by atoms with Crippen LogP contribution in [0.4, 0.5) is 4.39 Å². The number of halogens is 1. The van der Waals surface area contributed by atoms with Gasteiger partial charge in [-0.05, 0) is 49.6 Å². The van der Waals surface area contributed by atoms with Crippen LogP contribution in [0.2, 0.25) is 0 Å². The van der Waals surface area contributed by atoms with E-state index in [1.54, 1.807) is 24.0 Å². The number of rotatable bonds is 2. The summed E-state index contributed by atoms with van der Waals surface area (Å²) in [6.45, 7) is 3.74. The third-order valence-electron chi connectivity index (χ3n) is 3.31. The fourth-order valence-corrected chi connectivity index (χ4v) is 2.17. The Balaban J connectivity index is 2.12. The number of hydrogen-bond acceptors (Lipinski definition) is 2. The number of hydrogen-bond donors (Lipinski definition) is 1. The topological polar surface area (TPSA) is 46.3 Å². The van der Waals surface area contributed by atoms with Gasteiger partial charge in [-0.3, -0.25) is 4.79 Å². The van der Waals surface area contributed by atoms with Crippen molar-refractivity contribution in [3.8, 4) is 0 Å². The van der Waals surface area contributed by atoms with E-state index in [4.69, 9.17) is 5.73 Å². The van der Waals surface area contributed by atoms with E-state index < -0.39 is 0 Å². The van der Waals surface area contributed by atoms with E-state index in [1.807, 2.05) is 0 Å². The Kier molecular flexibility index (Phi) is 3.43. The molecule has 0 saturated carbocycles. The van der Waals surface area contributed by atoms with Crippen LogP contribution in [0.3, 0.4) is 0 Å². The number of amides is 1. The standard InChI is InChI=1S/C13H17FN2O/c1-9-6-11(2-3-12(9)14)13(17)16-5-4-10(7-15)8-16/h2-3,6,10H,4-5,7-8,15H2,1H3/t10-/m1/s1. The quantitative estimate of drug-likeness (QED) is 0.847. The molecule has 1 aliphatic heterocycles. The lowest BCUT2D eigenvalue weighted by atomic mass is 10.1. The molecule has 0 bridgehead atoms. The van der Waals surface area contributed by atoms with Crippen LogP contribution in [0, 0.1) is 18.7 Å². The van der Waals surface area contributed by atoms with E-state index in [-0.39, 0.29) is 11.7 Å². The second-order valence-corrected chi connectivity index (χ2v) is 4.61. The van der Waals surface area contributed by atoms with Crippen LogP contribution in [0.15, 0.2) is 18.2 Å². The van der Waals surface area contributed by atoms with Crippen LogP contribution in [0.5, 0.6) is 0 Å². The molecule has 2 rings (SSSR count). The number of carbonyl (C=O) groups excluding carboxylic acids is 1. The third kappa shape index (κ3) is 2.47. The molecule has 2 N–H and O–H groups in total. The SMILES string of the molecule is Cc1cc(C(=O)N2CC[C@H](CN)C2)ccc1F. The van der Waals surface area contributed by atoms with E-state index in [9.17, 15) is 9.18 Å². The van der Waals surface area contributed by atoms with Gasteiger partial charge in [-0.15, -0.1) is 0 Å². The summed E-state index contributed by atoms with van der Waals surface area (Å²) in [7, 11) is 0. The predicted octanol–water partition coefficient (Wildman–Crippen LogP) is 1.55. The van der Waals surface area contributed by atoms with Crippen LogP contribution < -0.4 is 5.73 Å². The minimum Gasteiger partial charge on any atom is -0.338 e. The Morgan fingerprint density at radius 1 is 1.59 bits per heavy atom. The summed E-state index contributed by atoms with van der Waals surface area (Å²) in [4.78, 5) is 13.9. The van der Waals surface area contributed by atoms with E-state index in [1.165, 1.54) is 6.07 Å². The summed E-state index contributed by atoms with van der Waals surface area (Å²) >= 11 is 0. The van der Waals surface area contributed by atoms with Crippen LogP contribution in [-0.2, 0) is 0 Å². The molecule has 17 heavy (non-hydrogen) atoms. The molecule has 1 saturated heterocycles. The maximum absolute atomic E-state index is 13.1. The van der Waals surface area contributed by atoms with Crippen LogP contribution in [0.25, 0.3) is 0 Å². The average molecular weight is 236 g/mol. The fourth-order valence-electron chi connectivity index (χ4n) is 2.17. The van der Waals surface area contributed by atoms with Crippen molar-refractivity contribution >= 4 is 5.91 Å². The maximum atomic E-state index is 13.1. The zero-order chi connectivity index (χ0) is 12.4. The van der Waals surface area contributed by atoms with Gasteiger partial charge in [0.2, 0.25) is 0 Å². The number of likely N-dealkylation sites (tertiary alicyclic amines) is 1. The summed E-state index contributed by atoms with van der Waals surface area (Å²) in [6.07, 6.45) is 0.961. The first kappa shape index (κ1) is 12.0. The van der Waals surface area contributed by atoms with Crippen molar-refractivity contribution in [3.05, 3.63) is 35.1 Å². The molecule has 1 atom stereocenters. The Hall–Kier alpha value is -1.42. The van der Waals surface area contributed by atoms with E-state index >= 15 is 0 Å². The van der Waals surface area contributed by atoms with Crippen LogP contribution in [-0.4, -0.2) is 30.4 Å². The predicted molar refractivity (Wildman–Crippen MR) is 64.2 cm³/mol. The van der Waals surface area contributed by atoms with Crippen molar-refractivity contribution in [2.45, 2.75) is 13.3 Å². The number of nitrogens with two attached hydrogens (primary N) is 1. The second kappa shape index (κ2) is 4.84. The molecule has 1 amide bonds. The molecule has 1 fully saturated rings. The fraction of sp³-hybridized carbons (Fsp3) is 0.462. The minimum atomic E-state index is -0.275. The molecule has 1 aliphatic rings. The first-order valence-corrected chi connectivity index (χ1v) is 5.87. The van der Waals surface area contributed by atoms with Gasteiger partial charge in [0.1, 0.15) is 5.82 Å². The van der Waals surface area contributed by atoms with E-state index in [0.29, 0.717) is 30.1 Å². The Morgan fingerprint density at radius 3 is 2.94 bits per heavy atom. The third-order valence-corrected chi connectivity index (χ3v) is 3.31. The van der Waals surface area contributed by atoms with Gasteiger partial charge in [-0.2, -0.15) is 0 Å². The Morgan fingerprint density at radius 2 is 2.35 bits per heavy atom. The smallest absolute Gasteiger partial charge is 0.253 e. The first-order valence-electron chi connectivity index (χ1n) is 5.87. The Bertz CT molecular complexity index is 433.